The van der Waals surface area contributed by atoms with Crippen molar-refractivity contribution in [3.8, 4) is 0 Å². The molecule has 1 aliphatic heterocycles. The third-order valence-electron chi connectivity index (χ3n) is 6.61. The van der Waals surface area contributed by atoms with E-state index in [9.17, 15) is 19.1 Å². The fourth-order valence-electron chi connectivity index (χ4n) is 4.44. The van der Waals surface area contributed by atoms with Crippen molar-refractivity contribution in [2.45, 2.75) is 39.2 Å². The van der Waals surface area contributed by atoms with Crippen molar-refractivity contribution < 1.29 is 19.1 Å². The van der Waals surface area contributed by atoms with E-state index in [1.54, 1.807) is 6.92 Å². The molecule has 1 atom stereocenters. The summed E-state index contributed by atoms with van der Waals surface area (Å²) in [6.07, 6.45) is 0. The van der Waals surface area contributed by atoms with Crippen LogP contribution in [0.4, 0.5) is 15.8 Å². The van der Waals surface area contributed by atoms with E-state index < -0.39 is 23.5 Å². The van der Waals surface area contributed by atoms with Gasteiger partial charge in [0, 0.05) is 31.0 Å². The average molecular weight is 487 g/mol. The van der Waals surface area contributed by atoms with Gasteiger partial charge in [0.05, 0.1) is 11.6 Å². The molecule has 0 aromatic heterocycles. The number of carbonyl (C=O) groups excluding carboxylic acids is 2. The Kier molecular flexibility index (Phi) is 6.48. The number of nitrogens with zero attached hydrogens (tertiary/aromatic N) is 2. The Balaban J connectivity index is 1.91. The average Bonchev–Trinajstić information content (AvgIpc) is 3.10. The molecule has 1 heterocycles. The van der Waals surface area contributed by atoms with Crippen LogP contribution in [0.2, 0.25) is 0 Å². The van der Waals surface area contributed by atoms with E-state index in [-0.39, 0.29) is 22.3 Å². The van der Waals surface area contributed by atoms with Crippen molar-refractivity contribution in [3.63, 3.8) is 0 Å². The Morgan fingerprint density at radius 1 is 0.944 bits per heavy atom. The number of anilines is 2. The Bertz CT molecular complexity index is 1350. The summed E-state index contributed by atoms with van der Waals surface area (Å²) in [7, 11) is 3.85. The third-order valence-corrected chi connectivity index (χ3v) is 6.61. The molecule has 1 saturated heterocycles. The highest BCUT2D eigenvalue weighted by molar-refractivity contribution is 6.51. The van der Waals surface area contributed by atoms with E-state index >= 15 is 0 Å². The lowest BCUT2D eigenvalue weighted by Crippen LogP contribution is -2.29. The number of aliphatic hydroxyl groups excluding tert-OH is 1. The number of aliphatic hydroxyl groups is 1. The van der Waals surface area contributed by atoms with Gasteiger partial charge >= 0.3 is 0 Å². The largest absolute Gasteiger partial charge is 0.507 e. The highest BCUT2D eigenvalue weighted by Gasteiger charge is 2.47. The standard InChI is InChI=1S/C30H31FN2O3/c1-18-17-20(9-16-24(18)31)27(34)25-26(19-7-12-22(13-8-19)32(5)6)33(29(36)28(25)35)23-14-10-21(11-15-23)30(2,3)4/h7-17,26,34H,1-6H3/b27-25-. The molecule has 1 fully saturated rings. The SMILES string of the molecule is Cc1cc(/C(O)=C2/C(=O)C(=O)N(c3ccc(C(C)(C)C)cc3)C2c2ccc(N(C)C)cc2)ccc1F. The summed E-state index contributed by atoms with van der Waals surface area (Å²) in [5, 5.41) is 11.3. The Morgan fingerprint density at radius 2 is 1.56 bits per heavy atom. The van der Waals surface area contributed by atoms with Crippen LogP contribution in [0.3, 0.4) is 0 Å². The minimum absolute atomic E-state index is 0.0245. The predicted octanol–water partition coefficient (Wildman–Crippen LogP) is 6.12. The number of Topliss-reactive ketones (excluding diaryl/α,β-unsaturated/α-hetero) is 1. The first-order chi connectivity index (χ1) is 16.9. The molecule has 36 heavy (non-hydrogen) atoms. The van der Waals surface area contributed by atoms with Gasteiger partial charge < -0.3 is 10.0 Å². The number of hydrogen-bond acceptors (Lipinski definition) is 4. The third kappa shape index (κ3) is 4.51. The molecule has 4 rings (SSSR count). The van der Waals surface area contributed by atoms with Gasteiger partial charge in [0.15, 0.2) is 0 Å². The van der Waals surface area contributed by atoms with Crippen LogP contribution in [0.1, 0.15) is 49.1 Å². The zero-order valence-electron chi connectivity index (χ0n) is 21.5. The van der Waals surface area contributed by atoms with Crippen molar-refractivity contribution in [2.24, 2.45) is 0 Å². The molecular weight excluding hydrogens is 455 g/mol. The summed E-state index contributed by atoms with van der Waals surface area (Å²) >= 11 is 0. The quantitative estimate of drug-likeness (QED) is 0.274. The van der Waals surface area contributed by atoms with Crippen LogP contribution >= 0.6 is 0 Å². The van der Waals surface area contributed by atoms with Crippen molar-refractivity contribution in [1.29, 1.82) is 0 Å². The second-order valence-electron chi connectivity index (χ2n) is 10.4. The van der Waals surface area contributed by atoms with Crippen molar-refractivity contribution in [1.82, 2.24) is 0 Å². The van der Waals surface area contributed by atoms with Crippen molar-refractivity contribution in [3.05, 3.63) is 100 Å². The van der Waals surface area contributed by atoms with Gasteiger partial charge in [-0.3, -0.25) is 14.5 Å². The number of ketones is 1. The van der Waals surface area contributed by atoms with Gasteiger partial charge in [0.2, 0.25) is 0 Å². The summed E-state index contributed by atoms with van der Waals surface area (Å²) in [6, 6.07) is 18.4. The van der Waals surface area contributed by atoms with Gasteiger partial charge in [-0.2, -0.15) is 0 Å². The number of carbonyl (C=O) groups is 2. The summed E-state index contributed by atoms with van der Waals surface area (Å²) < 4.78 is 13.9. The first-order valence-corrected chi connectivity index (χ1v) is 11.9. The summed E-state index contributed by atoms with van der Waals surface area (Å²) in [6.45, 7) is 7.89. The Labute approximate surface area is 211 Å². The second kappa shape index (κ2) is 9.26. The number of amides is 1. The Hall–Kier alpha value is -3.93. The summed E-state index contributed by atoms with van der Waals surface area (Å²) in [4.78, 5) is 30.1. The van der Waals surface area contributed by atoms with Crippen LogP contribution in [0.25, 0.3) is 5.76 Å². The van der Waals surface area contributed by atoms with Gasteiger partial charge in [0.1, 0.15) is 11.6 Å². The van der Waals surface area contributed by atoms with E-state index in [2.05, 4.69) is 20.8 Å². The lowest BCUT2D eigenvalue weighted by atomic mass is 9.87. The maximum atomic E-state index is 13.9. The molecule has 3 aromatic carbocycles. The minimum atomic E-state index is -0.841. The zero-order chi connectivity index (χ0) is 26.4. The number of halogens is 1. The van der Waals surface area contributed by atoms with Gasteiger partial charge in [-0.25, -0.2) is 4.39 Å². The van der Waals surface area contributed by atoms with Crippen LogP contribution in [-0.2, 0) is 15.0 Å². The topological polar surface area (TPSA) is 60.9 Å². The molecule has 6 heteroatoms. The first kappa shape index (κ1) is 25.2. The van der Waals surface area contributed by atoms with E-state index in [0.29, 0.717) is 16.8 Å². The Morgan fingerprint density at radius 3 is 2.08 bits per heavy atom. The fourth-order valence-corrected chi connectivity index (χ4v) is 4.44. The first-order valence-electron chi connectivity index (χ1n) is 11.9. The summed E-state index contributed by atoms with van der Waals surface area (Å²) in [5.74, 6) is -2.25. The summed E-state index contributed by atoms with van der Waals surface area (Å²) in [5.41, 5.74) is 3.80. The number of rotatable bonds is 4. The lowest BCUT2D eigenvalue weighted by Gasteiger charge is -2.27. The molecule has 3 aromatic rings. The fraction of sp³-hybridized carbons (Fsp3) is 0.267. The second-order valence-corrected chi connectivity index (χ2v) is 10.4. The molecule has 5 nitrogen and oxygen atoms in total. The number of benzene rings is 3. The molecule has 1 N–H and O–H groups in total. The van der Waals surface area contributed by atoms with E-state index in [4.69, 9.17) is 0 Å². The van der Waals surface area contributed by atoms with Crippen molar-refractivity contribution in [2.75, 3.05) is 23.9 Å². The molecule has 0 spiro atoms. The molecule has 0 radical (unpaired) electrons. The molecular formula is C30H31FN2O3. The van der Waals surface area contributed by atoms with Crippen molar-refractivity contribution >= 4 is 28.8 Å². The molecule has 0 saturated carbocycles. The maximum absolute atomic E-state index is 13.9. The molecule has 1 unspecified atom stereocenters. The predicted molar refractivity (Wildman–Crippen MR) is 142 cm³/mol. The highest BCUT2D eigenvalue weighted by atomic mass is 19.1. The zero-order valence-corrected chi connectivity index (χ0v) is 21.5. The number of hydrogen-bond donors (Lipinski definition) is 1. The van der Waals surface area contributed by atoms with E-state index in [0.717, 1.165) is 11.3 Å². The number of aryl methyl sites for hydroxylation is 1. The normalized spacial score (nSPS) is 17.5. The lowest BCUT2D eigenvalue weighted by molar-refractivity contribution is -0.132. The van der Waals surface area contributed by atoms with Crippen LogP contribution in [0.15, 0.2) is 72.3 Å². The highest BCUT2D eigenvalue weighted by Crippen LogP contribution is 2.43. The van der Waals surface area contributed by atoms with Crippen LogP contribution in [0, 0.1) is 12.7 Å². The molecule has 0 aliphatic carbocycles. The minimum Gasteiger partial charge on any atom is -0.507 e. The molecule has 1 amide bonds. The smallest absolute Gasteiger partial charge is 0.300 e. The molecule has 1 aliphatic rings. The van der Waals surface area contributed by atoms with Gasteiger partial charge in [-0.05, 0) is 71.5 Å². The van der Waals surface area contributed by atoms with Crippen LogP contribution in [-0.4, -0.2) is 30.9 Å². The van der Waals surface area contributed by atoms with Gasteiger partial charge in [-0.1, -0.05) is 45.0 Å². The van der Waals surface area contributed by atoms with E-state index in [1.165, 1.54) is 23.1 Å². The van der Waals surface area contributed by atoms with Gasteiger partial charge in [0.25, 0.3) is 11.7 Å². The van der Waals surface area contributed by atoms with Crippen LogP contribution in [0.5, 0.6) is 0 Å². The van der Waals surface area contributed by atoms with E-state index in [1.807, 2.05) is 67.5 Å². The van der Waals surface area contributed by atoms with Crippen LogP contribution < -0.4 is 9.80 Å². The van der Waals surface area contributed by atoms with Gasteiger partial charge in [-0.15, -0.1) is 0 Å². The monoisotopic (exact) mass is 486 g/mol. The maximum Gasteiger partial charge on any atom is 0.300 e. The molecule has 186 valence electrons. The molecule has 0 bridgehead atoms.